The molecule has 0 saturated carbocycles. The van der Waals surface area contributed by atoms with Crippen LogP contribution in [0.3, 0.4) is 0 Å². The van der Waals surface area contributed by atoms with Crippen molar-refractivity contribution < 1.29 is 23.5 Å². The first-order valence-corrected chi connectivity index (χ1v) is 7.74. The lowest BCUT2D eigenvalue weighted by molar-refractivity contribution is -0.131. The van der Waals surface area contributed by atoms with E-state index < -0.39 is 0 Å². The van der Waals surface area contributed by atoms with Crippen LogP contribution in [-0.2, 0) is 14.4 Å². The molecule has 1 heterocycles. The second-order valence-corrected chi connectivity index (χ2v) is 5.41. The normalized spacial score (nSPS) is 16.9. The Labute approximate surface area is 138 Å². The summed E-state index contributed by atoms with van der Waals surface area (Å²) in [6.07, 6.45) is 0.815. The summed E-state index contributed by atoms with van der Waals surface area (Å²) in [5, 5.41) is 7.78. The van der Waals surface area contributed by atoms with Crippen molar-refractivity contribution in [1.29, 1.82) is 0 Å². The molecule has 0 aromatic heterocycles. The Morgan fingerprint density at radius 1 is 1.25 bits per heavy atom. The van der Waals surface area contributed by atoms with Gasteiger partial charge >= 0.3 is 0 Å². The van der Waals surface area contributed by atoms with Crippen LogP contribution < -0.4 is 20.7 Å². The zero-order chi connectivity index (χ0) is 17.4. The second kappa shape index (κ2) is 8.85. The predicted molar refractivity (Wildman–Crippen MR) is 83.6 cm³/mol. The van der Waals surface area contributed by atoms with Gasteiger partial charge in [0.1, 0.15) is 18.2 Å². The summed E-state index contributed by atoms with van der Waals surface area (Å²) >= 11 is 0. The molecule has 1 saturated heterocycles. The monoisotopic (exact) mass is 337 g/mol. The Morgan fingerprint density at radius 3 is 2.67 bits per heavy atom. The predicted octanol–water partition coefficient (Wildman–Crippen LogP) is -0.0369. The molecular formula is C16H20FN3O4. The Kier molecular flexibility index (Phi) is 6.53. The molecule has 0 spiro atoms. The largest absolute Gasteiger partial charge is 0.492 e. The van der Waals surface area contributed by atoms with Crippen molar-refractivity contribution in [3.05, 3.63) is 30.1 Å². The van der Waals surface area contributed by atoms with E-state index >= 15 is 0 Å². The van der Waals surface area contributed by atoms with Crippen LogP contribution in [-0.4, -0.2) is 44.0 Å². The molecule has 1 aliphatic rings. The van der Waals surface area contributed by atoms with Gasteiger partial charge in [0.2, 0.25) is 17.7 Å². The first kappa shape index (κ1) is 17.7. The SMILES string of the molecule is O=C1CCC(C(=O)NCC(=O)NCCOc2ccc(F)cc2)CN1. The Hall–Kier alpha value is -2.64. The first-order chi connectivity index (χ1) is 11.5. The molecule has 1 unspecified atom stereocenters. The van der Waals surface area contributed by atoms with E-state index in [1.165, 1.54) is 24.3 Å². The summed E-state index contributed by atoms with van der Waals surface area (Å²) in [4.78, 5) is 34.5. The van der Waals surface area contributed by atoms with Crippen molar-refractivity contribution in [1.82, 2.24) is 16.0 Å². The molecule has 1 fully saturated rings. The van der Waals surface area contributed by atoms with Crippen molar-refractivity contribution >= 4 is 17.7 Å². The smallest absolute Gasteiger partial charge is 0.239 e. The quantitative estimate of drug-likeness (QED) is 0.609. The maximum absolute atomic E-state index is 12.7. The van der Waals surface area contributed by atoms with Crippen LogP contribution in [0.1, 0.15) is 12.8 Å². The number of hydrogen-bond acceptors (Lipinski definition) is 4. The lowest BCUT2D eigenvalue weighted by Crippen LogP contribution is -2.45. The summed E-state index contributed by atoms with van der Waals surface area (Å²) in [6.45, 7) is 0.684. The van der Waals surface area contributed by atoms with Gasteiger partial charge in [0.05, 0.1) is 19.0 Å². The Bertz CT molecular complexity index is 581. The number of hydrogen-bond donors (Lipinski definition) is 3. The summed E-state index contributed by atoms with van der Waals surface area (Å²) in [5.74, 6) is -0.754. The standard InChI is InChI=1S/C16H20FN3O4/c17-12-2-4-13(5-3-12)24-8-7-18-15(22)10-20-16(23)11-1-6-14(21)19-9-11/h2-5,11H,1,6-10H2,(H,18,22)(H,19,21)(H,20,23). The number of benzene rings is 1. The van der Waals surface area contributed by atoms with Gasteiger partial charge in [0.15, 0.2) is 0 Å². The van der Waals surface area contributed by atoms with Crippen LogP contribution in [0, 0.1) is 11.7 Å². The van der Waals surface area contributed by atoms with E-state index in [0.717, 1.165) is 0 Å². The van der Waals surface area contributed by atoms with Crippen LogP contribution in [0.25, 0.3) is 0 Å². The fourth-order valence-corrected chi connectivity index (χ4v) is 2.22. The fourth-order valence-electron chi connectivity index (χ4n) is 2.22. The molecule has 130 valence electrons. The van der Waals surface area contributed by atoms with Gasteiger partial charge in [-0.15, -0.1) is 0 Å². The van der Waals surface area contributed by atoms with Gasteiger partial charge in [-0.3, -0.25) is 14.4 Å². The summed E-state index contributed by atoms with van der Waals surface area (Å²) in [7, 11) is 0. The number of nitrogens with one attached hydrogen (secondary N) is 3. The molecule has 24 heavy (non-hydrogen) atoms. The molecule has 1 aromatic carbocycles. The molecule has 2 rings (SSSR count). The first-order valence-electron chi connectivity index (χ1n) is 7.74. The van der Waals surface area contributed by atoms with E-state index in [-0.39, 0.29) is 49.2 Å². The maximum atomic E-state index is 12.7. The van der Waals surface area contributed by atoms with Crippen LogP contribution in [0.4, 0.5) is 4.39 Å². The molecule has 3 amide bonds. The number of carbonyl (C=O) groups excluding carboxylic acids is 3. The molecule has 7 nitrogen and oxygen atoms in total. The van der Waals surface area contributed by atoms with Gasteiger partial charge in [-0.25, -0.2) is 4.39 Å². The van der Waals surface area contributed by atoms with Crippen molar-refractivity contribution in [2.45, 2.75) is 12.8 Å². The highest BCUT2D eigenvalue weighted by molar-refractivity contribution is 5.87. The van der Waals surface area contributed by atoms with E-state index in [1.807, 2.05) is 0 Å². The van der Waals surface area contributed by atoms with E-state index in [9.17, 15) is 18.8 Å². The van der Waals surface area contributed by atoms with Crippen molar-refractivity contribution in [3.8, 4) is 5.75 Å². The molecule has 8 heteroatoms. The highest BCUT2D eigenvalue weighted by atomic mass is 19.1. The molecule has 0 aliphatic carbocycles. The third-order valence-corrected chi connectivity index (χ3v) is 3.57. The highest BCUT2D eigenvalue weighted by Gasteiger charge is 2.24. The zero-order valence-corrected chi connectivity index (χ0v) is 13.1. The average Bonchev–Trinajstić information content (AvgIpc) is 2.59. The molecule has 1 aromatic rings. The van der Waals surface area contributed by atoms with Gasteiger partial charge in [0, 0.05) is 13.0 Å². The molecule has 1 aliphatic heterocycles. The lowest BCUT2D eigenvalue weighted by Gasteiger charge is -2.21. The van der Waals surface area contributed by atoms with Gasteiger partial charge in [0.25, 0.3) is 0 Å². The lowest BCUT2D eigenvalue weighted by atomic mass is 9.98. The van der Waals surface area contributed by atoms with E-state index in [2.05, 4.69) is 16.0 Å². The Morgan fingerprint density at radius 2 is 2.00 bits per heavy atom. The molecule has 1 atom stereocenters. The third kappa shape index (κ3) is 5.86. The fraction of sp³-hybridized carbons (Fsp3) is 0.438. The van der Waals surface area contributed by atoms with E-state index in [0.29, 0.717) is 25.1 Å². The van der Waals surface area contributed by atoms with Crippen molar-refractivity contribution in [2.75, 3.05) is 26.2 Å². The summed E-state index contributed by atoms with van der Waals surface area (Å²) in [5.41, 5.74) is 0. The number of amides is 3. The minimum atomic E-state index is -0.344. The summed E-state index contributed by atoms with van der Waals surface area (Å²) < 4.78 is 18.1. The topological polar surface area (TPSA) is 96.5 Å². The van der Waals surface area contributed by atoms with Crippen LogP contribution >= 0.6 is 0 Å². The molecule has 3 N–H and O–H groups in total. The zero-order valence-electron chi connectivity index (χ0n) is 13.1. The van der Waals surface area contributed by atoms with Crippen molar-refractivity contribution in [2.24, 2.45) is 5.92 Å². The van der Waals surface area contributed by atoms with Gasteiger partial charge in [-0.2, -0.15) is 0 Å². The van der Waals surface area contributed by atoms with Crippen molar-refractivity contribution in [3.63, 3.8) is 0 Å². The second-order valence-electron chi connectivity index (χ2n) is 5.41. The number of ether oxygens (including phenoxy) is 1. The Balaban J connectivity index is 1.57. The van der Waals surface area contributed by atoms with Gasteiger partial charge < -0.3 is 20.7 Å². The maximum Gasteiger partial charge on any atom is 0.239 e. The van der Waals surface area contributed by atoms with E-state index in [4.69, 9.17) is 4.74 Å². The molecule has 0 bridgehead atoms. The minimum absolute atomic E-state index is 0.0575. The number of carbonyl (C=O) groups is 3. The van der Waals surface area contributed by atoms with E-state index in [1.54, 1.807) is 0 Å². The number of rotatable bonds is 7. The third-order valence-electron chi connectivity index (χ3n) is 3.57. The van der Waals surface area contributed by atoms with Gasteiger partial charge in [-0.05, 0) is 30.7 Å². The number of halogens is 1. The molecular weight excluding hydrogens is 317 g/mol. The minimum Gasteiger partial charge on any atom is -0.492 e. The van der Waals surface area contributed by atoms with Crippen LogP contribution in [0.2, 0.25) is 0 Å². The highest BCUT2D eigenvalue weighted by Crippen LogP contribution is 2.11. The molecule has 0 radical (unpaired) electrons. The summed E-state index contributed by atoms with van der Waals surface area (Å²) in [6, 6.07) is 5.58. The van der Waals surface area contributed by atoms with Crippen LogP contribution in [0.15, 0.2) is 24.3 Å². The number of piperidine rings is 1. The average molecular weight is 337 g/mol. The van der Waals surface area contributed by atoms with Gasteiger partial charge in [-0.1, -0.05) is 0 Å². The van der Waals surface area contributed by atoms with Crippen LogP contribution in [0.5, 0.6) is 5.75 Å².